The summed E-state index contributed by atoms with van der Waals surface area (Å²) in [6.07, 6.45) is 8.03. The van der Waals surface area contributed by atoms with E-state index in [4.69, 9.17) is 10.1 Å². The second-order valence-corrected chi connectivity index (χ2v) is 6.61. The Bertz CT molecular complexity index is 471. The maximum atomic E-state index is 9.13. The molecule has 1 aliphatic heterocycles. The number of hydrogen-bond acceptors (Lipinski definition) is 4. The predicted molar refractivity (Wildman–Crippen MR) is 85.5 cm³/mol. The molecule has 0 radical (unpaired) electrons. The van der Waals surface area contributed by atoms with Gasteiger partial charge in [0.05, 0.1) is 0 Å². The van der Waals surface area contributed by atoms with E-state index in [1.807, 2.05) is 6.20 Å². The van der Waals surface area contributed by atoms with Crippen molar-refractivity contribution in [1.82, 2.24) is 10.3 Å². The van der Waals surface area contributed by atoms with Crippen LogP contribution in [0.1, 0.15) is 43.2 Å². The Hall–Kier alpha value is -1.13. The van der Waals surface area contributed by atoms with Gasteiger partial charge in [-0.05, 0) is 62.1 Å². The third-order valence-corrected chi connectivity index (χ3v) is 4.64. The highest BCUT2D eigenvalue weighted by molar-refractivity contribution is 5.47. The molecule has 1 aromatic rings. The second-order valence-electron chi connectivity index (χ2n) is 6.61. The third kappa shape index (κ3) is 3.95. The van der Waals surface area contributed by atoms with Gasteiger partial charge in [0.15, 0.2) is 0 Å². The highest BCUT2D eigenvalue weighted by Gasteiger charge is 2.22. The van der Waals surface area contributed by atoms with E-state index in [1.54, 1.807) is 0 Å². The maximum Gasteiger partial charge on any atom is 0.131 e. The average molecular weight is 289 g/mol. The number of aromatic nitrogens is 1. The molecule has 21 heavy (non-hydrogen) atoms. The Morgan fingerprint density at radius 2 is 2.24 bits per heavy atom. The Kier molecular flexibility index (Phi) is 4.76. The first-order chi connectivity index (χ1) is 10.3. The number of aryl methyl sites for hydroxylation is 1. The third-order valence-electron chi connectivity index (χ3n) is 4.64. The first-order valence-electron chi connectivity index (χ1n) is 8.31. The zero-order chi connectivity index (χ0) is 14.7. The fraction of sp³-hybridized carbons (Fsp3) is 0.706. The van der Waals surface area contributed by atoms with Gasteiger partial charge in [-0.1, -0.05) is 0 Å². The summed E-state index contributed by atoms with van der Waals surface area (Å²) in [5.74, 6) is 1.74. The number of nitrogens with zero attached hydrogens (tertiary/aromatic N) is 2. The van der Waals surface area contributed by atoms with Crippen molar-refractivity contribution in [3.8, 4) is 0 Å². The van der Waals surface area contributed by atoms with Gasteiger partial charge >= 0.3 is 0 Å². The van der Waals surface area contributed by atoms with Crippen LogP contribution in [0.15, 0.2) is 12.3 Å². The lowest BCUT2D eigenvalue weighted by molar-refractivity contribution is 0.244. The molecule has 116 valence electrons. The number of hydrogen-bond donors (Lipinski definition) is 2. The van der Waals surface area contributed by atoms with Gasteiger partial charge in [0.2, 0.25) is 0 Å². The highest BCUT2D eigenvalue weighted by atomic mass is 16.3. The van der Waals surface area contributed by atoms with Crippen LogP contribution in [-0.2, 0) is 6.54 Å². The highest BCUT2D eigenvalue weighted by Crippen LogP contribution is 2.26. The summed E-state index contributed by atoms with van der Waals surface area (Å²) in [4.78, 5) is 7.12. The summed E-state index contributed by atoms with van der Waals surface area (Å²) in [7, 11) is 0. The summed E-state index contributed by atoms with van der Waals surface area (Å²) in [5, 5.41) is 12.7. The molecule has 3 rings (SSSR count). The van der Waals surface area contributed by atoms with Crippen LogP contribution in [0.3, 0.4) is 0 Å². The van der Waals surface area contributed by atoms with E-state index < -0.39 is 0 Å². The molecule has 0 bridgehead atoms. The molecular formula is C17H27N3O. The Morgan fingerprint density at radius 1 is 1.38 bits per heavy atom. The molecule has 0 aromatic carbocycles. The largest absolute Gasteiger partial charge is 0.396 e. The zero-order valence-corrected chi connectivity index (χ0v) is 13.0. The summed E-state index contributed by atoms with van der Waals surface area (Å²) >= 11 is 0. The number of anilines is 1. The van der Waals surface area contributed by atoms with E-state index in [9.17, 15) is 0 Å². The van der Waals surface area contributed by atoms with E-state index in [-0.39, 0.29) is 0 Å². The van der Waals surface area contributed by atoms with Crippen molar-refractivity contribution >= 4 is 5.82 Å². The summed E-state index contributed by atoms with van der Waals surface area (Å²) in [5.41, 5.74) is 2.56. The van der Waals surface area contributed by atoms with Gasteiger partial charge in [-0.25, -0.2) is 4.98 Å². The average Bonchev–Trinajstić information content (AvgIpc) is 3.30. The number of nitrogens with one attached hydrogen (secondary N) is 1. The Balaban J connectivity index is 1.63. The molecule has 1 unspecified atom stereocenters. The SMILES string of the molecule is Cc1cc(CNC2CC2)cnc1N1CCCC(CCO)C1. The minimum absolute atomic E-state index is 0.302. The monoisotopic (exact) mass is 289 g/mol. The zero-order valence-electron chi connectivity index (χ0n) is 13.0. The van der Waals surface area contributed by atoms with E-state index in [0.29, 0.717) is 12.5 Å². The molecule has 1 aromatic heterocycles. The standard InChI is InChI=1S/C17H27N3O/c1-13-9-15(10-18-16-4-5-16)11-19-17(13)20-7-2-3-14(12-20)6-8-21/h9,11,14,16,18,21H,2-8,10,12H2,1H3. The van der Waals surface area contributed by atoms with Crippen LogP contribution in [0.2, 0.25) is 0 Å². The quantitative estimate of drug-likeness (QED) is 0.843. The number of piperidine rings is 1. The van der Waals surface area contributed by atoms with Crippen LogP contribution >= 0.6 is 0 Å². The molecule has 0 amide bonds. The van der Waals surface area contributed by atoms with Gasteiger partial charge in [-0.3, -0.25) is 0 Å². The number of aliphatic hydroxyl groups is 1. The van der Waals surface area contributed by atoms with Gasteiger partial charge in [0, 0.05) is 38.5 Å². The van der Waals surface area contributed by atoms with Crippen molar-refractivity contribution in [2.75, 3.05) is 24.6 Å². The fourth-order valence-electron chi connectivity index (χ4n) is 3.28. The second kappa shape index (κ2) is 6.75. The number of aliphatic hydroxyl groups excluding tert-OH is 1. The van der Waals surface area contributed by atoms with E-state index >= 15 is 0 Å². The molecule has 2 aliphatic rings. The van der Waals surface area contributed by atoms with Crippen molar-refractivity contribution in [3.05, 3.63) is 23.4 Å². The lowest BCUT2D eigenvalue weighted by Gasteiger charge is -2.34. The van der Waals surface area contributed by atoms with Crippen molar-refractivity contribution in [2.45, 2.75) is 51.6 Å². The van der Waals surface area contributed by atoms with Gasteiger partial charge in [0.25, 0.3) is 0 Å². The smallest absolute Gasteiger partial charge is 0.131 e. The molecule has 1 aliphatic carbocycles. The van der Waals surface area contributed by atoms with Crippen molar-refractivity contribution in [2.24, 2.45) is 5.92 Å². The van der Waals surface area contributed by atoms with Crippen LogP contribution in [0.4, 0.5) is 5.82 Å². The fourth-order valence-corrected chi connectivity index (χ4v) is 3.28. The number of rotatable bonds is 6. The van der Waals surface area contributed by atoms with E-state index in [2.05, 4.69) is 23.2 Å². The maximum absolute atomic E-state index is 9.13. The summed E-state index contributed by atoms with van der Waals surface area (Å²) in [6.45, 7) is 5.53. The van der Waals surface area contributed by atoms with Crippen molar-refractivity contribution in [3.63, 3.8) is 0 Å². The molecular weight excluding hydrogens is 262 g/mol. The molecule has 2 fully saturated rings. The first kappa shape index (κ1) is 14.8. The lowest BCUT2D eigenvalue weighted by atomic mass is 9.95. The van der Waals surface area contributed by atoms with Crippen LogP contribution in [0, 0.1) is 12.8 Å². The minimum Gasteiger partial charge on any atom is -0.396 e. The van der Waals surface area contributed by atoms with Crippen LogP contribution < -0.4 is 10.2 Å². The van der Waals surface area contributed by atoms with Gasteiger partial charge in [-0.15, -0.1) is 0 Å². The van der Waals surface area contributed by atoms with E-state index in [1.165, 1.54) is 36.8 Å². The molecule has 1 atom stereocenters. The molecule has 4 nitrogen and oxygen atoms in total. The molecule has 2 heterocycles. The van der Waals surface area contributed by atoms with Crippen molar-refractivity contribution < 1.29 is 5.11 Å². The normalized spacial score (nSPS) is 22.6. The van der Waals surface area contributed by atoms with Crippen LogP contribution in [0.25, 0.3) is 0 Å². The first-order valence-corrected chi connectivity index (χ1v) is 8.31. The van der Waals surface area contributed by atoms with Crippen LogP contribution in [-0.4, -0.2) is 35.8 Å². The van der Waals surface area contributed by atoms with Gasteiger partial charge in [-0.2, -0.15) is 0 Å². The Morgan fingerprint density at radius 3 is 2.95 bits per heavy atom. The predicted octanol–water partition coefficient (Wildman–Crippen LogP) is 2.24. The van der Waals surface area contributed by atoms with Crippen molar-refractivity contribution in [1.29, 1.82) is 0 Å². The van der Waals surface area contributed by atoms with Gasteiger partial charge < -0.3 is 15.3 Å². The molecule has 1 saturated carbocycles. The lowest BCUT2D eigenvalue weighted by Crippen LogP contribution is -2.36. The van der Waals surface area contributed by atoms with E-state index in [0.717, 1.165) is 37.9 Å². The summed E-state index contributed by atoms with van der Waals surface area (Å²) < 4.78 is 0. The van der Waals surface area contributed by atoms with Gasteiger partial charge in [0.1, 0.15) is 5.82 Å². The molecule has 2 N–H and O–H groups in total. The molecule has 1 saturated heterocycles. The Labute approximate surface area is 127 Å². The molecule has 4 heteroatoms. The summed E-state index contributed by atoms with van der Waals surface area (Å²) in [6, 6.07) is 3.01. The van der Waals surface area contributed by atoms with Crippen LogP contribution in [0.5, 0.6) is 0 Å². The topological polar surface area (TPSA) is 48.4 Å². The minimum atomic E-state index is 0.302. The number of pyridine rings is 1. The molecule has 0 spiro atoms.